The van der Waals surface area contributed by atoms with Crippen molar-refractivity contribution in [2.75, 3.05) is 44.5 Å². The molecule has 0 saturated carbocycles. The van der Waals surface area contributed by atoms with Crippen molar-refractivity contribution in [2.45, 2.75) is 20.8 Å². The van der Waals surface area contributed by atoms with E-state index in [2.05, 4.69) is 60.7 Å². The highest BCUT2D eigenvalue weighted by Gasteiger charge is 2.19. The zero-order valence-electron chi connectivity index (χ0n) is 21.8. The summed E-state index contributed by atoms with van der Waals surface area (Å²) < 4.78 is 8.19. The summed E-state index contributed by atoms with van der Waals surface area (Å²) >= 11 is 7.77. The first kappa shape index (κ1) is 28.4. The second kappa shape index (κ2) is 14.5. The van der Waals surface area contributed by atoms with E-state index < -0.39 is 0 Å². The second-order valence-electron chi connectivity index (χ2n) is 8.30. The van der Waals surface area contributed by atoms with Crippen molar-refractivity contribution >= 4 is 54.1 Å². The van der Waals surface area contributed by atoms with Crippen LogP contribution in [0.4, 0.5) is 5.82 Å². The van der Waals surface area contributed by atoms with E-state index in [9.17, 15) is 0 Å². The molecule has 1 aliphatic heterocycles. The van der Waals surface area contributed by atoms with Crippen LogP contribution in [-0.4, -0.2) is 76.1 Å². The van der Waals surface area contributed by atoms with E-state index in [-0.39, 0.29) is 6.73 Å². The molecule has 11 heteroatoms. The van der Waals surface area contributed by atoms with Crippen LogP contribution in [0.15, 0.2) is 57.5 Å². The van der Waals surface area contributed by atoms with Gasteiger partial charge in [0, 0.05) is 55.2 Å². The van der Waals surface area contributed by atoms with Gasteiger partial charge in [-0.25, -0.2) is 14.3 Å². The van der Waals surface area contributed by atoms with E-state index in [0.717, 1.165) is 54.7 Å². The molecular formula is C26H35ClN8OS. The van der Waals surface area contributed by atoms with Gasteiger partial charge in [-0.1, -0.05) is 29.6 Å². The molecule has 2 aromatic heterocycles. The molecule has 0 unspecified atom stereocenters. The number of nitrogens with one attached hydrogen (secondary N) is 3. The quantitative estimate of drug-likeness (QED) is 0.116. The molecule has 1 fully saturated rings. The molecule has 0 aromatic carbocycles. The molecule has 3 heterocycles. The van der Waals surface area contributed by atoms with Gasteiger partial charge in [-0.05, 0) is 63.6 Å². The molecule has 0 bridgehead atoms. The summed E-state index contributed by atoms with van der Waals surface area (Å²) in [6, 6.07) is 3.99. The molecule has 0 amide bonds. The smallest absolute Gasteiger partial charge is 0.181 e. The van der Waals surface area contributed by atoms with Crippen molar-refractivity contribution in [2.24, 2.45) is 9.98 Å². The summed E-state index contributed by atoms with van der Waals surface area (Å²) in [5.74, 6) is 2.44. The topological polar surface area (TPSA) is 96.9 Å². The third kappa shape index (κ3) is 8.70. The van der Waals surface area contributed by atoms with Gasteiger partial charge in [0.1, 0.15) is 17.4 Å². The number of rotatable bonds is 11. The number of anilines is 1. The minimum atomic E-state index is 0.0957. The normalized spacial score (nSPS) is 16.2. The lowest BCUT2D eigenvalue weighted by Gasteiger charge is -2.34. The molecule has 3 N–H and O–H groups in total. The Morgan fingerprint density at radius 3 is 2.68 bits per heavy atom. The maximum absolute atomic E-state index is 6.02. The number of aryl methyl sites for hydroxylation is 2. The van der Waals surface area contributed by atoms with Gasteiger partial charge in [0.05, 0.1) is 5.69 Å². The standard InChI is InChI=1S/C26H35ClN8OS/c1-6-7-21-15-25(33-32-21)31-24(28-4)16-26(34-10-12-35(37-5)13-11-34)29-18-36-22(17-27)8-9-23-19(2)14-20(3)30-23/h6-9,14-17,30H,4,10-13,18H2,1-3,5H3,(H2,31,32,33)/b7-6+,9-8?,22-17-,24-16+,29-26+. The predicted octanol–water partition coefficient (Wildman–Crippen LogP) is 5.40. The van der Waals surface area contributed by atoms with E-state index in [1.807, 2.05) is 50.3 Å². The minimum Gasteiger partial charge on any atom is -0.470 e. The van der Waals surface area contributed by atoms with E-state index in [4.69, 9.17) is 21.3 Å². The zero-order chi connectivity index (χ0) is 26.6. The molecule has 0 spiro atoms. The van der Waals surface area contributed by atoms with Crippen LogP contribution in [0.25, 0.3) is 12.2 Å². The molecule has 0 aliphatic carbocycles. The van der Waals surface area contributed by atoms with Crippen LogP contribution < -0.4 is 5.32 Å². The number of aliphatic imine (C=N–C) groups is 2. The fraction of sp³-hybridized carbons (Fsp3) is 0.346. The first-order valence-electron chi connectivity index (χ1n) is 11.9. The number of H-pyrrole nitrogens is 2. The number of allylic oxidation sites excluding steroid dienone is 2. The number of ether oxygens (including phenoxy) is 1. The highest BCUT2D eigenvalue weighted by atomic mass is 35.5. The SMILES string of the molecule is C=N/C(=C\C(=N/CO/C(C=Cc1[nH]c(C)cc1C)=C\Cl)N1CCN(SC)CC1)Nc1cc(/C=C/C)[nH]n1. The highest BCUT2D eigenvalue weighted by molar-refractivity contribution is 7.96. The van der Waals surface area contributed by atoms with Gasteiger partial charge in [-0.2, -0.15) is 5.10 Å². The molecule has 1 saturated heterocycles. The minimum absolute atomic E-state index is 0.0957. The van der Waals surface area contributed by atoms with E-state index in [0.29, 0.717) is 17.4 Å². The first-order chi connectivity index (χ1) is 17.9. The monoisotopic (exact) mass is 542 g/mol. The average Bonchev–Trinajstić information content (AvgIpc) is 3.49. The number of nitrogens with zero attached hydrogens (tertiary/aromatic N) is 5. The summed E-state index contributed by atoms with van der Waals surface area (Å²) in [6.07, 6.45) is 11.6. The Balaban J connectivity index is 1.75. The van der Waals surface area contributed by atoms with Crippen molar-refractivity contribution in [3.8, 4) is 0 Å². The highest BCUT2D eigenvalue weighted by Crippen LogP contribution is 2.16. The van der Waals surface area contributed by atoms with Crippen LogP contribution >= 0.6 is 23.5 Å². The van der Waals surface area contributed by atoms with Crippen LogP contribution in [0.2, 0.25) is 0 Å². The Morgan fingerprint density at radius 1 is 1.27 bits per heavy atom. The summed E-state index contributed by atoms with van der Waals surface area (Å²) in [5, 5.41) is 10.4. The third-order valence-corrected chi connectivity index (χ3v) is 6.72. The molecule has 0 radical (unpaired) electrons. The summed E-state index contributed by atoms with van der Waals surface area (Å²) in [5.41, 5.74) is 5.57. The predicted molar refractivity (Wildman–Crippen MR) is 158 cm³/mol. The van der Waals surface area contributed by atoms with Gasteiger partial charge >= 0.3 is 0 Å². The fourth-order valence-electron chi connectivity index (χ4n) is 3.75. The van der Waals surface area contributed by atoms with Crippen LogP contribution in [-0.2, 0) is 4.74 Å². The summed E-state index contributed by atoms with van der Waals surface area (Å²) in [7, 11) is 0. The fourth-order valence-corrected chi connectivity index (χ4v) is 4.42. The molecule has 2 aromatic rings. The maximum atomic E-state index is 6.02. The molecular weight excluding hydrogens is 508 g/mol. The van der Waals surface area contributed by atoms with Crippen molar-refractivity contribution in [1.82, 2.24) is 24.4 Å². The molecule has 198 valence electrons. The maximum Gasteiger partial charge on any atom is 0.181 e. The molecule has 3 rings (SSSR count). The lowest BCUT2D eigenvalue weighted by Crippen LogP contribution is -2.46. The van der Waals surface area contributed by atoms with Gasteiger partial charge in [-0.3, -0.25) is 5.10 Å². The van der Waals surface area contributed by atoms with Crippen LogP contribution in [0.3, 0.4) is 0 Å². The number of amidine groups is 1. The average molecular weight is 543 g/mol. The lowest BCUT2D eigenvalue weighted by molar-refractivity contribution is 0.231. The Bertz CT molecular complexity index is 1190. The summed E-state index contributed by atoms with van der Waals surface area (Å²) in [4.78, 5) is 14.4. The number of piperazine rings is 1. The van der Waals surface area contributed by atoms with Crippen LogP contribution in [0.5, 0.6) is 0 Å². The number of aromatic amines is 2. The van der Waals surface area contributed by atoms with Gasteiger partial charge < -0.3 is 19.9 Å². The Kier molecular flexibility index (Phi) is 11.1. The van der Waals surface area contributed by atoms with Crippen LogP contribution in [0.1, 0.15) is 29.6 Å². The van der Waals surface area contributed by atoms with E-state index in [1.54, 1.807) is 11.9 Å². The van der Waals surface area contributed by atoms with Crippen molar-refractivity contribution in [3.05, 3.63) is 70.1 Å². The number of hydrogen-bond acceptors (Lipinski definition) is 7. The van der Waals surface area contributed by atoms with E-state index in [1.165, 1.54) is 5.54 Å². The first-order valence-corrected chi connectivity index (χ1v) is 13.6. The largest absolute Gasteiger partial charge is 0.470 e. The summed E-state index contributed by atoms with van der Waals surface area (Å²) in [6.45, 7) is 13.4. The molecule has 37 heavy (non-hydrogen) atoms. The number of halogens is 1. The zero-order valence-corrected chi connectivity index (χ0v) is 23.4. The van der Waals surface area contributed by atoms with Crippen molar-refractivity contribution in [3.63, 3.8) is 0 Å². The van der Waals surface area contributed by atoms with Gasteiger partial charge in [0.15, 0.2) is 12.5 Å². The van der Waals surface area contributed by atoms with Gasteiger partial charge in [0.2, 0.25) is 0 Å². The van der Waals surface area contributed by atoms with E-state index >= 15 is 0 Å². The van der Waals surface area contributed by atoms with Crippen molar-refractivity contribution < 1.29 is 4.74 Å². The Labute approximate surface area is 228 Å². The molecule has 1 aliphatic rings. The van der Waals surface area contributed by atoms with Crippen LogP contribution in [0, 0.1) is 13.8 Å². The van der Waals surface area contributed by atoms with Crippen molar-refractivity contribution in [1.29, 1.82) is 0 Å². The Hall–Kier alpha value is -3.21. The Morgan fingerprint density at radius 2 is 2.05 bits per heavy atom. The molecule has 9 nitrogen and oxygen atoms in total. The number of hydrogen-bond donors (Lipinski definition) is 3. The second-order valence-corrected chi connectivity index (χ2v) is 9.40. The van der Waals surface area contributed by atoms with Gasteiger partial charge in [-0.15, -0.1) is 0 Å². The third-order valence-electron chi connectivity index (χ3n) is 5.63. The van der Waals surface area contributed by atoms with Gasteiger partial charge in [0.25, 0.3) is 0 Å². The lowest BCUT2D eigenvalue weighted by atomic mass is 10.2. The number of aromatic nitrogens is 3. The molecule has 0 atom stereocenters.